The maximum Gasteiger partial charge on any atom is 0.354 e. The number of nitrogens with zero attached hydrogens (tertiary/aromatic N) is 2. The van der Waals surface area contributed by atoms with Crippen LogP contribution in [0.25, 0.3) is 0 Å². The van der Waals surface area contributed by atoms with Gasteiger partial charge in [0.25, 0.3) is 0 Å². The van der Waals surface area contributed by atoms with Crippen LogP contribution in [-0.2, 0) is 0 Å². The molecule has 1 aromatic heterocycles. The molecule has 17 heavy (non-hydrogen) atoms. The van der Waals surface area contributed by atoms with Gasteiger partial charge in [-0.05, 0) is 38.8 Å². The summed E-state index contributed by atoms with van der Waals surface area (Å²) in [4.78, 5) is 17.2. The summed E-state index contributed by atoms with van der Waals surface area (Å²) in [5.74, 6) is -0.435. The Morgan fingerprint density at radius 1 is 1.53 bits per heavy atom. The lowest BCUT2D eigenvalue weighted by molar-refractivity contribution is 0.0690. The Bertz CT molecular complexity index is 457. The highest BCUT2D eigenvalue weighted by Gasteiger charge is 2.34. The highest BCUT2D eigenvalue weighted by atomic mass is 16.4. The summed E-state index contributed by atoms with van der Waals surface area (Å²) in [6.45, 7) is 5.11. The first-order chi connectivity index (χ1) is 7.92. The summed E-state index contributed by atoms with van der Waals surface area (Å²) in [5.41, 5.74) is 6.45. The predicted molar refractivity (Wildman–Crippen MR) is 66.3 cm³/mol. The van der Waals surface area contributed by atoms with Gasteiger partial charge in [-0.15, -0.1) is 0 Å². The van der Waals surface area contributed by atoms with Gasteiger partial charge in [-0.3, -0.25) is 0 Å². The van der Waals surface area contributed by atoms with Gasteiger partial charge in [-0.25, -0.2) is 9.78 Å². The van der Waals surface area contributed by atoms with E-state index in [4.69, 9.17) is 10.8 Å². The lowest BCUT2D eigenvalue weighted by atomic mass is 10.0. The van der Waals surface area contributed by atoms with E-state index in [1.807, 2.05) is 0 Å². The number of carbonyl (C=O) groups is 1. The second kappa shape index (κ2) is 3.91. The van der Waals surface area contributed by atoms with Crippen molar-refractivity contribution in [2.45, 2.75) is 32.2 Å². The molecule has 0 saturated carbocycles. The average molecular weight is 235 g/mol. The topological polar surface area (TPSA) is 79.5 Å². The van der Waals surface area contributed by atoms with E-state index in [-0.39, 0.29) is 11.2 Å². The molecule has 2 heterocycles. The van der Waals surface area contributed by atoms with E-state index >= 15 is 0 Å². The number of pyridine rings is 1. The largest absolute Gasteiger partial charge is 0.477 e. The van der Waals surface area contributed by atoms with Crippen LogP contribution >= 0.6 is 0 Å². The van der Waals surface area contributed by atoms with Crippen molar-refractivity contribution in [3.63, 3.8) is 0 Å². The van der Waals surface area contributed by atoms with Crippen LogP contribution in [0.1, 0.15) is 37.2 Å². The van der Waals surface area contributed by atoms with Crippen molar-refractivity contribution in [1.29, 1.82) is 0 Å². The summed E-state index contributed by atoms with van der Waals surface area (Å²) >= 11 is 0. The number of aromatic carboxylic acids is 1. The average Bonchev–Trinajstić information content (AvgIpc) is 2.58. The van der Waals surface area contributed by atoms with Crippen molar-refractivity contribution in [2.75, 3.05) is 17.2 Å². The third-order valence-electron chi connectivity index (χ3n) is 3.28. The number of nitrogen functional groups attached to an aromatic ring is 1. The van der Waals surface area contributed by atoms with Gasteiger partial charge in [-0.2, -0.15) is 0 Å². The van der Waals surface area contributed by atoms with Crippen LogP contribution in [0.3, 0.4) is 0 Å². The second-order valence-electron chi connectivity index (χ2n) is 4.98. The molecule has 0 radical (unpaired) electrons. The second-order valence-corrected chi connectivity index (χ2v) is 4.98. The van der Waals surface area contributed by atoms with E-state index in [1.165, 1.54) is 6.07 Å². The fourth-order valence-electron chi connectivity index (χ4n) is 2.29. The van der Waals surface area contributed by atoms with Gasteiger partial charge >= 0.3 is 5.97 Å². The number of aromatic nitrogens is 1. The van der Waals surface area contributed by atoms with Gasteiger partial charge in [0.1, 0.15) is 0 Å². The van der Waals surface area contributed by atoms with Gasteiger partial charge < -0.3 is 15.7 Å². The summed E-state index contributed by atoms with van der Waals surface area (Å²) in [6.07, 6.45) is 2.14. The Balaban J connectivity index is 2.44. The first-order valence-corrected chi connectivity index (χ1v) is 5.69. The Morgan fingerprint density at radius 2 is 2.24 bits per heavy atom. The number of rotatable bonds is 2. The molecule has 1 saturated heterocycles. The number of hydrogen-bond acceptors (Lipinski definition) is 4. The molecule has 0 bridgehead atoms. The van der Waals surface area contributed by atoms with E-state index < -0.39 is 5.97 Å². The molecule has 0 amide bonds. The highest BCUT2D eigenvalue weighted by Crippen LogP contribution is 2.35. The van der Waals surface area contributed by atoms with Crippen LogP contribution in [-0.4, -0.2) is 28.1 Å². The molecule has 1 aromatic rings. The molecule has 92 valence electrons. The molecule has 0 atom stereocenters. The summed E-state index contributed by atoms with van der Waals surface area (Å²) in [7, 11) is 0. The molecule has 1 fully saturated rings. The van der Waals surface area contributed by atoms with Crippen molar-refractivity contribution in [3.05, 3.63) is 17.8 Å². The molecule has 2 rings (SSSR count). The molecule has 3 N–H and O–H groups in total. The van der Waals surface area contributed by atoms with Crippen LogP contribution in [0.4, 0.5) is 11.5 Å². The molecule has 0 unspecified atom stereocenters. The van der Waals surface area contributed by atoms with Gasteiger partial charge in [-0.1, -0.05) is 0 Å². The number of carboxylic acids is 1. The number of nitrogens with two attached hydrogens (primary N) is 1. The molecule has 5 nitrogen and oxygen atoms in total. The zero-order valence-corrected chi connectivity index (χ0v) is 10.1. The first kappa shape index (κ1) is 11.7. The number of hydrogen-bond donors (Lipinski definition) is 2. The minimum Gasteiger partial charge on any atom is -0.477 e. The molecule has 5 heteroatoms. The van der Waals surface area contributed by atoms with Crippen LogP contribution in [0.15, 0.2) is 12.1 Å². The van der Waals surface area contributed by atoms with E-state index in [2.05, 4.69) is 23.7 Å². The summed E-state index contributed by atoms with van der Waals surface area (Å²) in [6, 6.07) is 3.05. The van der Waals surface area contributed by atoms with Crippen molar-refractivity contribution in [2.24, 2.45) is 0 Å². The van der Waals surface area contributed by atoms with Crippen LogP contribution in [0.2, 0.25) is 0 Å². The molecule has 0 aromatic carbocycles. The minimum atomic E-state index is -1.02. The monoisotopic (exact) mass is 235 g/mol. The fraction of sp³-hybridized carbons (Fsp3) is 0.500. The molecule has 1 aliphatic heterocycles. The first-order valence-electron chi connectivity index (χ1n) is 5.69. The van der Waals surface area contributed by atoms with Gasteiger partial charge in [0.15, 0.2) is 11.5 Å². The SMILES string of the molecule is CC1(C)CCCN1c1nc(C(=O)O)ccc1N. The maximum absolute atomic E-state index is 10.9. The fourth-order valence-corrected chi connectivity index (χ4v) is 2.29. The Morgan fingerprint density at radius 3 is 2.76 bits per heavy atom. The lowest BCUT2D eigenvalue weighted by Crippen LogP contribution is -2.39. The van der Waals surface area contributed by atoms with E-state index in [0.29, 0.717) is 11.5 Å². The molecule has 0 aliphatic carbocycles. The van der Waals surface area contributed by atoms with Crippen LogP contribution < -0.4 is 10.6 Å². The zero-order valence-electron chi connectivity index (χ0n) is 10.1. The molecular weight excluding hydrogens is 218 g/mol. The van der Waals surface area contributed by atoms with Gasteiger partial charge in [0.2, 0.25) is 0 Å². The van der Waals surface area contributed by atoms with Crippen molar-refractivity contribution < 1.29 is 9.90 Å². The van der Waals surface area contributed by atoms with E-state index in [0.717, 1.165) is 19.4 Å². The minimum absolute atomic E-state index is 0.0156. The van der Waals surface area contributed by atoms with Gasteiger partial charge in [0.05, 0.1) is 5.69 Å². The van der Waals surface area contributed by atoms with Crippen LogP contribution in [0, 0.1) is 0 Å². The predicted octanol–water partition coefficient (Wildman–Crippen LogP) is 1.74. The van der Waals surface area contributed by atoms with Crippen molar-refractivity contribution in [1.82, 2.24) is 4.98 Å². The van der Waals surface area contributed by atoms with E-state index in [1.54, 1.807) is 6.07 Å². The zero-order chi connectivity index (χ0) is 12.6. The van der Waals surface area contributed by atoms with Gasteiger partial charge in [0, 0.05) is 12.1 Å². The number of carboxylic acid groups (broad SMARTS) is 1. The lowest BCUT2D eigenvalue weighted by Gasteiger charge is -2.33. The molecule has 1 aliphatic rings. The molecular formula is C12H17N3O2. The summed E-state index contributed by atoms with van der Waals surface area (Å²) in [5, 5.41) is 8.95. The highest BCUT2D eigenvalue weighted by molar-refractivity contribution is 5.87. The normalized spacial score (nSPS) is 18.4. The third kappa shape index (κ3) is 2.05. The van der Waals surface area contributed by atoms with Crippen molar-refractivity contribution in [3.8, 4) is 0 Å². The van der Waals surface area contributed by atoms with E-state index in [9.17, 15) is 4.79 Å². The quantitative estimate of drug-likeness (QED) is 0.816. The maximum atomic E-state index is 10.9. The molecule has 0 spiro atoms. The standard InChI is InChI=1S/C12H17N3O2/c1-12(2)6-3-7-15(12)10-8(13)4-5-9(14-10)11(16)17/h4-5H,3,6-7,13H2,1-2H3,(H,16,17). The third-order valence-corrected chi connectivity index (χ3v) is 3.28. The summed E-state index contributed by atoms with van der Waals surface area (Å²) < 4.78 is 0. The Labute approximate surface area is 100 Å². The smallest absolute Gasteiger partial charge is 0.354 e. The van der Waals surface area contributed by atoms with Crippen LogP contribution in [0.5, 0.6) is 0 Å². The Kier molecular flexibility index (Phi) is 2.69. The Hall–Kier alpha value is -1.78. The van der Waals surface area contributed by atoms with Crippen molar-refractivity contribution >= 4 is 17.5 Å². The number of anilines is 2.